The third-order valence-corrected chi connectivity index (χ3v) is 3.85. The van der Waals surface area contributed by atoms with Gasteiger partial charge in [-0.15, -0.1) is 5.10 Å². The molecular formula is C11H20BrN3O. The minimum absolute atomic E-state index is 0.106. The van der Waals surface area contributed by atoms with Gasteiger partial charge in [0, 0.05) is 19.9 Å². The van der Waals surface area contributed by atoms with Crippen LogP contribution in [0.25, 0.3) is 0 Å². The maximum Gasteiger partial charge on any atom is 0.0963 e. The third kappa shape index (κ3) is 3.87. The monoisotopic (exact) mass is 289 g/mol. The molecule has 0 amide bonds. The molecule has 5 heteroatoms. The Morgan fingerprint density at radius 1 is 1.56 bits per heavy atom. The summed E-state index contributed by atoms with van der Waals surface area (Å²) in [4.78, 5) is 0.302. The van der Waals surface area contributed by atoms with Gasteiger partial charge in [0.05, 0.1) is 16.1 Å². The van der Waals surface area contributed by atoms with Crippen molar-refractivity contribution < 1.29 is 4.74 Å². The van der Waals surface area contributed by atoms with Crippen molar-refractivity contribution in [1.29, 1.82) is 0 Å². The zero-order valence-corrected chi connectivity index (χ0v) is 12.0. The molecule has 0 aliphatic rings. The highest BCUT2D eigenvalue weighted by atomic mass is 79.9. The van der Waals surface area contributed by atoms with Gasteiger partial charge >= 0.3 is 0 Å². The Hall–Kier alpha value is -0.420. The van der Waals surface area contributed by atoms with Crippen LogP contribution < -0.4 is 0 Å². The SMILES string of the molecule is CCC(Br)c1cn(CCC(C)(C)OC)nn1. The molecule has 0 saturated carbocycles. The Balaban J connectivity index is 2.53. The zero-order valence-electron chi connectivity index (χ0n) is 10.4. The van der Waals surface area contributed by atoms with Crippen molar-refractivity contribution in [3.63, 3.8) is 0 Å². The van der Waals surface area contributed by atoms with Gasteiger partial charge in [0.25, 0.3) is 0 Å². The highest BCUT2D eigenvalue weighted by molar-refractivity contribution is 9.09. The van der Waals surface area contributed by atoms with Crippen LogP contribution in [0.5, 0.6) is 0 Å². The number of aromatic nitrogens is 3. The lowest BCUT2D eigenvalue weighted by molar-refractivity contribution is 0.0112. The lowest BCUT2D eigenvalue weighted by Crippen LogP contribution is -2.24. The van der Waals surface area contributed by atoms with Gasteiger partial charge in [0.1, 0.15) is 0 Å². The Bertz CT molecular complexity index is 325. The van der Waals surface area contributed by atoms with E-state index in [2.05, 4.69) is 47.0 Å². The molecule has 0 fully saturated rings. The Labute approximate surface area is 105 Å². The molecule has 0 bridgehead atoms. The summed E-state index contributed by atoms with van der Waals surface area (Å²) in [5, 5.41) is 8.24. The molecule has 0 aromatic carbocycles. The number of halogens is 1. The number of ether oxygens (including phenoxy) is 1. The van der Waals surface area contributed by atoms with Crippen molar-refractivity contribution in [3.05, 3.63) is 11.9 Å². The highest BCUT2D eigenvalue weighted by Gasteiger charge is 2.17. The molecule has 0 N–H and O–H groups in total. The van der Waals surface area contributed by atoms with Crippen LogP contribution in [-0.4, -0.2) is 27.7 Å². The first-order valence-electron chi connectivity index (χ1n) is 5.57. The summed E-state index contributed by atoms with van der Waals surface area (Å²) in [6.45, 7) is 7.10. The van der Waals surface area contributed by atoms with Crippen LogP contribution >= 0.6 is 15.9 Å². The van der Waals surface area contributed by atoms with E-state index in [1.165, 1.54) is 0 Å². The molecule has 0 radical (unpaired) electrons. The smallest absolute Gasteiger partial charge is 0.0963 e. The first kappa shape index (κ1) is 13.6. The predicted octanol–water partition coefficient (Wildman–Crippen LogP) is 2.94. The van der Waals surface area contributed by atoms with Gasteiger partial charge in [0.2, 0.25) is 0 Å². The van der Waals surface area contributed by atoms with Crippen LogP contribution in [0.1, 0.15) is 44.1 Å². The van der Waals surface area contributed by atoms with Crippen molar-refractivity contribution in [2.45, 2.75) is 50.6 Å². The quantitative estimate of drug-likeness (QED) is 0.756. The van der Waals surface area contributed by atoms with Crippen molar-refractivity contribution in [2.24, 2.45) is 0 Å². The molecule has 0 saturated heterocycles. The molecule has 16 heavy (non-hydrogen) atoms. The summed E-state index contributed by atoms with van der Waals surface area (Å²) in [5.41, 5.74) is 0.891. The molecule has 1 heterocycles. The summed E-state index contributed by atoms with van der Waals surface area (Å²) in [5.74, 6) is 0. The van der Waals surface area contributed by atoms with Gasteiger partial charge in [-0.1, -0.05) is 28.1 Å². The van der Waals surface area contributed by atoms with Gasteiger partial charge in [0.15, 0.2) is 0 Å². The average molecular weight is 290 g/mol. The summed E-state index contributed by atoms with van der Waals surface area (Å²) >= 11 is 3.56. The molecule has 0 aliphatic carbocycles. The molecule has 1 unspecified atom stereocenters. The normalized spacial score (nSPS) is 14.1. The maximum atomic E-state index is 5.36. The molecule has 1 aromatic rings. The van der Waals surface area contributed by atoms with Gasteiger partial charge in [-0.3, -0.25) is 4.68 Å². The molecule has 0 spiro atoms. The fourth-order valence-corrected chi connectivity index (χ4v) is 1.47. The lowest BCUT2D eigenvalue weighted by Gasteiger charge is -2.22. The van der Waals surface area contributed by atoms with Crippen LogP contribution in [0.2, 0.25) is 0 Å². The summed E-state index contributed by atoms with van der Waals surface area (Å²) in [6.07, 6.45) is 3.93. The second-order valence-corrected chi connectivity index (χ2v) is 5.60. The predicted molar refractivity (Wildman–Crippen MR) is 67.7 cm³/mol. The topological polar surface area (TPSA) is 39.9 Å². The van der Waals surface area contributed by atoms with Gasteiger partial charge < -0.3 is 4.74 Å². The second kappa shape index (κ2) is 5.77. The van der Waals surface area contributed by atoms with E-state index in [0.717, 1.165) is 25.1 Å². The summed E-state index contributed by atoms with van der Waals surface area (Å²) < 4.78 is 7.24. The number of hydrogen-bond acceptors (Lipinski definition) is 3. The molecule has 1 aromatic heterocycles. The molecule has 0 aliphatic heterocycles. The number of rotatable bonds is 6. The van der Waals surface area contributed by atoms with Crippen LogP contribution in [0.3, 0.4) is 0 Å². The number of aryl methyl sites for hydroxylation is 1. The van der Waals surface area contributed by atoms with E-state index >= 15 is 0 Å². The van der Waals surface area contributed by atoms with Crippen LogP contribution in [-0.2, 0) is 11.3 Å². The van der Waals surface area contributed by atoms with E-state index in [-0.39, 0.29) is 5.60 Å². The fraction of sp³-hybridized carbons (Fsp3) is 0.818. The summed E-state index contributed by atoms with van der Waals surface area (Å²) in [6, 6.07) is 0. The minimum atomic E-state index is -0.106. The molecule has 1 atom stereocenters. The Kier molecular flexibility index (Phi) is 4.92. The van der Waals surface area contributed by atoms with E-state index < -0.39 is 0 Å². The number of alkyl halides is 1. The number of nitrogens with zero attached hydrogens (tertiary/aromatic N) is 3. The summed E-state index contributed by atoms with van der Waals surface area (Å²) in [7, 11) is 1.73. The zero-order chi connectivity index (χ0) is 12.2. The largest absolute Gasteiger partial charge is 0.379 e. The third-order valence-electron chi connectivity index (χ3n) is 2.73. The minimum Gasteiger partial charge on any atom is -0.379 e. The van der Waals surface area contributed by atoms with E-state index in [9.17, 15) is 0 Å². The second-order valence-electron chi connectivity index (χ2n) is 4.50. The maximum absolute atomic E-state index is 5.36. The molecule has 1 rings (SSSR count). The van der Waals surface area contributed by atoms with Crippen molar-refractivity contribution in [2.75, 3.05) is 7.11 Å². The van der Waals surface area contributed by atoms with E-state index in [0.29, 0.717) is 4.83 Å². The van der Waals surface area contributed by atoms with Crippen LogP contribution in [0.4, 0.5) is 0 Å². The van der Waals surface area contributed by atoms with Crippen molar-refractivity contribution in [1.82, 2.24) is 15.0 Å². The molecule has 4 nitrogen and oxygen atoms in total. The average Bonchev–Trinajstić information content (AvgIpc) is 2.74. The number of methoxy groups -OCH3 is 1. The Morgan fingerprint density at radius 2 is 2.25 bits per heavy atom. The molecule has 92 valence electrons. The van der Waals surface area contributed by atoms with Gasteiger partial charge in [-0.25, -0.2) is 0 Å². The van der Waals surface area contributed by atoms with E-state index in [1.807, 2.05) is 10.9 Å². The highest BCUT2D eigenvalue weighted by Crippen LogP contribution is 2.23. The van der Waals surface area contributed by atoms with Gasteiger partial charge in [-0.05, 0) is 26.7 Å². The van der Waals surface area contributed by atoms with Crippen LogP contribution in [0.15, 0.2) is 6.20 Å². The van der Waals surface area contributed by atoms with Crippen LogP contribution in [0, 0.1) is 0 Å². The molecular weight excluding hydrogens is 270 g/mol. The first-order valence-corrected chi connectivity index (χ1v) is 6.49. The fourth-order valence-electron chi connectivity index (χ4n) is 1.26. The standard InChI is InChI=1S/C11H20BrN3O/c1-5-9(12)10-8-15(14-13-10)7-6-11(2,3)16-4/h8-9H,5-7H2,1-4H3. The number of hydrogen-bond donors (Lipinski definition) is 0. The van der Waals surface area contributed by atoms with Gasteiger partial charge in [-0.2, -0.15) is 0 Å². The van der Waals surface area contributed by atoms with Crippen molar-refractivity contribution >= 4 is 15.9 Å². The first-order chi connectivity index (χ1) is 7.48. The van der Waals surface area contributed by atoms with E-state index in [4.69, 9.17) is 4.74 Å². The van der Waals surface area contributed by atoms with Crippen molar-refractivity contribution in [3.8, 4) is 0 Å². The Morgan fingerprint density at radius 3 is 2.81 bits per heavy atom. The van der Waals surface area contributed by atoms with E-state index in [1.54, 1.807) is 7.11 Å². The lowest BCUT2D eigenvalue weighted by atomic mass is 10.1.